The highest BCUT2D eigenvalue weighted by Crippen LogP contribution is 2.19. The summed E-state index contributed by atoms with van der Waals surface area (Å²) in [5.74, 6) is 0.138. The molecule has 7 nitrogen and oxygen atoms in total. The van der Waals surface area contributed by atoms with Crippen molar-refractivity contribution >= 4 is 21.6 Å². The summed E-state index contributed by atoms with van der Waals surface area (Å²) in [5, 5.41) is 2.66. The van der Waals surface area contributed by atoms with Gasteiger partial charge in [-0.15, -0.1) is 0 Å². The summed E-state index contributed by atoms with van der Waals surface area (Å²) in [6.07, 6.45) is -0.701. The molecule has 30 heavy (non-hydrogen) atoms. The van der Waals surface area contributed by atoms with Gasteiger partial charge in [0.1, 0.15) is 5.75 Å². The number of ether oxygens (including phenoxy) is 1. The highest BCUT2D eigenvalue weighted by Gasteiger charge is 2.27. The number of benzene rings is 2. The van der Waals surface area contributed by atoms with Crippen LogP contribution in [0.2, 0.25) is 0 Å². The highest BCUT2D eigenvalue weighted by molar-refractivity contribution is 7.89. The molecule has 162 valence electrons. The Morgan fingerprint density at radius 2 is 1.77 bits per heavy atom. The van der Waals surface area contributed by atoms with Gasteiger partial charge in [-0.2, -0.15) is 4.31 Å². The van der Waals surface area contributed by atoms with E-state index in [9.17, 15) is 13.2 Å². The van der Waals surface area contributed by atoms with Crippen LogP contribution in [0.1, 0.15) is 12.5 Å². The Balaban J connectivity index is 1.43. The fourth-order valence-electron chi connectivity index (χ4n) is 3.38. The monoisotopic (exact) mass is 431 g/mol. The molecule has 0 bridgehead atoms. The lowest BCUT2D eigenvalue weighted by Crippen LogP contribution is -2.50. The van der Waals surface area contributed by atoms with Crippen LogP contribution in [0.3, 0.4) is 0 Å². The summed E-state index contributed by atoms with van der Waals surface area (Å²) in [5.41, 5.74) is 2.30. The number of sulfonamides is 1. The number of nitrogens with zero attached hydrogens (tertiary/aromatic N) is 2. The van der Waals surface area contributed by atoms with Crippen molar-refractivity contribution < 1.29 is 17.9 Å². The lowest BCUT2D eigenvalue weighted by molar-refractivity contribution is -0.127. The zero-order valence-corrected chi connectivity index (χ0v) is 18.3. The van der Waals surface area contributed by atoms with E-state index in [0.29, 0.717) is 31.9 Å². The third kappa shape index (κ3) is 5.96. The van der Waals surface area contributed by atoms with Crippen LogP contribution in [0.25, 0.3) is 0 Å². The second-order valence-electron chi connectivity index (χ2n) is 7.41. The SMILES string of the molecule is Cc1cccc(N2CCN(S(=O)(=O)CCNC(=O)[C@@H](C)Oc3ccccc3)CC2)c1. The molecule has 1 amide bonds. The van der Waals surface area contributed by atoms with E-state index in [2.05, 4.69) is 16.3 Å². The maximum atomic E-state index is 12.7. The topological polar surface area (TPSA) is 79.0 Å². The van der Waals surface area contributed by atoms with Crippen molar-refractivity contribution in [1.29, 1.82) is 0 Å². The van der Waals surface area contributed by atoms with Crippen molar-refractivity contribution in [3.05, 3.63) is 60.2 Å². The normalized spacial score (nSPS) is 16.1. The molecule has 1 fully saturated rings. The van der Waals surface area contributed by atoms with Crippen molar-refractivity contribution in [3.63, 3.8) is 0 Å². The summed E-state index contributed by atoms with van der Waals surface area (Å²) in [6, 6.07) is 17.3. The van der Waals surface area contributed by atoms with Crippen LogP contribution in [-0.2, 0) is 14.8 Å². The molecule has 0 spiro atoms. The number of rotatable bonds is 8. The minimum absolute atomic E-state index is 0.0573. The molecule has 8 heteroatoms. The van der Waals surface area contributed by atoms with Crippen LogP contribution in [0, 0.1) is 6.92 Å². The smallest absolute Gasteiger partial charge is 0.260 e. The van der Waals surface area contributed by atoms with Gasteiger partial charge in [-0.1, -0.05) is 30.3 Å². The number of carbonyl (C=O) groups excluding carboxylic acids is 1. The van der Waals surface area contributed by atoms with Gasteiger partial charge < -0.3 is 15.0 Å². The van der Waals surface area contributed by atoms with Crippen LogP contribution in [0.5, 0.6) is 5.75 Å². The molecule has 0 aromatic heterocycles. The van der Waals surface area contributed by atoms with Crippen LogP contribution in [0.15, 0.2) is 54.6 Å². The maximum absolute atomic E-state index is 12.7. The quantitative estimate of drug-likeness (QED) is 0.692. The predicted molar refractivity (Wildman–Crippen MR) is 118 cm³/mol. The molecular weight excluding hydrogens is 402 g/mol. The molecule has 0 unspecified atom stereocenters. The van der Waals surface area contributed by atoms with Gasteiger partial charge in [0.25, 0.3) is 5.91 Å². The minimum Gasteiger partial charge on any atom is -0.481 e. The number of hydrogen-bond acceptors (Lipinski definition) is 5. The summed E-state index contributed by atoms with van der Waals surface area (Å²) >= 11 is 0. The molecule has 1 saturated heterocycles. The number of piperazine rings is 1. The summed E-state index contributed by atoms with van der Waals surface area (Å²) in [7, 11) is -3.43. The fourth-order valence-corrected chi connectivity index (χ4v) is 4.72. The maximum Gasteiger partial charge on any atom is 0.260 e. The Hall–Kier alpha value is -2.58. The van der Waals surface area contributed by atoms with Gasteiger partial charge in [0.05, 0.1) is 5.75 Å². The van der Waals surface area contributed by atoms with Gasteiger partial charge in [-0.05, 0) is 43.7 Å². The van der Waals surface area contributed by atoms with Crippen molar-refractivity contribution in [2.24, 2.45) is 0 Å². The summed E-state index contributed by atoms with van der Waals surface area (Å²) < 4.78 is 32.4. The first-order chi connectivity index (χ1) is 14.3. The number of aryl methyl sites for hydroxylation is 1. The van der Waals surface area contributed by atoms with Gasteiger partial charge in [-0.3, -0.25) is 4.79 Å². The minimum atomic E-state index is -3.43. The van der Waals surface area contributed by atoms with Gasteiger partial charge in [-0.25, -0.2) is 8.42 Å². The fraction of sp³-hybridized carbons (Fsp3) is 0.409. The number of amides is 1. The van der Waals surface area contributed by atoms with Gasteiger partial charge in [0.2, 0.25) is 10.0 Å². The molecule has 0 radical (unpaired) electrons. The Labute approximate surface area is 178 Å². The van der Waals surface area contributed by atoms with Crippen LogP contribution >= 0.6 is 0 Å². The molecule has 1 heterocycles. The first-order valence-electron chi connectivity index (χ1n) is 10.1. The lowest BCUT2D eigenvalue weighted by Gasteiger charge is -2.35. The van der Waals surface area contributed by atoms with Crippen molar-refractivity contribution in [3.8, 4) is 5.75 Å². The Morgan fingerprint density at radius 3 is 2.43 bits per heavy atom. The second kappa shape index (κ2) is 9.95. The van der Waals surface area contributed by atoms with Crippen molar-refractivity contribution in [2.75, 3.05) is 43.4 Å². The predicted octanol–water partition coefficient (Wildman–Crippen LogP) is 2.03. The van der Waals surface area contributed by atoms with Gasteiger partial charge in [0, 0.05) is 38.4 Å². The van der Waals surface area contributed by atoms with Gasteiger partial charge in [0.15, 0.2) is 6.10 Å². The molecule has 3 rings (SSSR count). The molecular formula is C22H29N3O4S. The average Bonchev–Trinajstić information content (AvgIpc) is 2.74. The summed E-state index contributed by atoms with van der Waals surface area (Å²) in [4.78, 5) is 14.4. The third-order valence-electron chi connectivity index (χ3n) is 5.08. The Morgan fingerprint density at radius 1 is 1.07 bits per heavy atom. The Bertz CT molecular complexity index is 942. The first kappa shape index (κ1) is 22.1. The Kier molecular flexibility index (Phi) is 7.33. The van der Waals surface area contributed by atoms with E-state index in [1.165, 1.54) is 9.87 Å². The van der Waals surface area contributed by atoms with E-state index in [-0.39, 0.29) is 18.2 Å². The molecule has 0 saturated carbocycles. The third-order valence-corrected chi connectivity index (χ3v) is 6.96. The zero-order chi connectivity index (χ0) is 21.6. The number of hydrogen-bond donors (Lipinski definition) is 1. The largest absolute Gasteiger partial charge is 0.481 e. The van der Waals surface area contributed by atoms with Crippen LogP contribution < -0.4 is 15.0 Å². The van der Waals surface area contributed by atoms with Crippen LogP contribution in [-0.4, -0.2) is 63.2 Å². The van der Waals surface area contributed by atoms with Crippen LogP contribution in [0.4, 0.5) is 5.69 Å². The first-order valence-corrected chi connectivity index (χ1v) is 11.7. The number of anilines is 1. The van der Waals surface area contributed by atoms with E-state index in [4.69, 9.17) is 4.74 Å². The van der Waals surface area contributed by atoms with E-state index in [1.807, 2.05) is 43.3 Å². The molecule has 2 aromatic carbocycles. The van der Waals surface area contributed by atoms with E-state index < -0.39 is 16.1 Å². The number of para-hydroxylation sites is 1. The van der Waals surface area contributed by atoms with Crippen molar-refractivity contribution in [2.45, 2.75) is 20.0 Å². The lowest BCUT2D eigenvalue weighted by atomic mass is 10.2. The average molecular weight is 432 g/mol. The second-order valence-corrected chi connectivity index (χ2v) is 9.49. The molecule has 1 aliphatic heterocycles. The molecule has 1 atom stereocenters. The molecule has 2 aromatic rings. The number of nitrogens with one attached hydrogen (secondary N) is 1. The zero-order valence-electron chi connectivity index (χ0n) is 17.5. The molecule has 1 N–H and O–H groups in total. The standard InChI is InChI=1S/C22H29N3O4S/c1-18-7-6-8-20(17-18)24-12-14-25(15-13-24)30(27,28)16-11-23-22(26)19(2)29-21-9-4-3-5-10-21/h3-10,17,19H,11-16H2,1-2H3,(H,23,26)/t19-/m1/s1. The number of carbonyl (C=O) groups is 1. The molecule has 0 aliphatic carbocycles. The summed E-state index contributed by atoms with van der Waals surface area (Å²) in [6.45, 7) is 5.93. The van der Waals surface area contributed by atoms with Gasteiger partial charge >= 0.3 is 0 Å². The van der Waals surface area contributed by atoms with Crippen molar-refractivity contribution in [1.82, 2.24) is 9.62 Å². The van der Waals surface area contributed by atoms with E-state index in [0.717, 1.165) is 5.69 Å². The highest BCUT2D eigenvalue weighted by atomic mass is 32.2. The molecule has 1 aliphatic rings. The van der Waals surface area contributed by atoms with E-state index in [1.54, 1.807) is 19.1 Å². The van der Waals surface area contributed by atoms with E-state index >= 15 is 0 Å².